The second-order valence-corrected chi connectivity index (χ2v) is 6.92. The Morgan fingerprint density at radius 3 is 2.42 bits per heavy atom. The van der Waals surface area contributed by atoms with Gasteiger partial charge < -0.3 is 5.32 Å². The lowest BCUT2D eigenvalue weighted by atomic mass is 9.85. The molecular weight excluding hydrogens is 341 g/mol. The second-order valence-electron chi connectivity index (χ2n) is 6.92. The third-order valence-electron chi connectivity index (χ3n) is 5.35. The van der Waals surface area contributed by atoms with Gasteiger partial charge in [-0.15, -0.1) is 0 Å². The number of fused-ring (bicyclic) bond motifs is 1. The number of imide groups is 2. The molecule has 4 rings (SSSR count). The van der Waals surface area contributed by atoms with Crippen LogP contribution in [-0.4, -0.2) is 47.7 Å². The molecule has 1 aromatic carbocycles. The number of nitrogens with one attached hydrogen (secondary N) is 2. The zero-order chi connectivity index (χ0) is 18.5. The highest BCUT2D eigenvalue weighted by Crippen LogP contribution is 2.37. The molecule has 2 saturated heterocycles. The van der Waals surface area contributed by atoms with Crippen molar-refractivity contribution < 1.29 is 23.6 Å². The van der Waals surface area contributed by atoms with Gasteiger partial charge in [0, 0.05) is 6.42 Å². The largest absolute Gasteiger partial charge is 0.316 e. The van der Waals surface area contributed by atoms with Crippen molar-refractivity contribution in [3.05, 3.63) is 34.9 Å². The lowest BCUT2D eigenvalue weighted by molar-refractivity contribution is -0.136. The van der Waals surface area contributed by atoms with Crippen molar-refractivity contribution in [1.29, 1.82) is 0 Å². The summed E-state index contributed by atoms with van der Waals surface area (Å²) in [6.45, 7) is 1.09. The van der Waals surface area contributed by atoms with Crippen molar-refractivity contribution in [2.45, 2.75) is 37.4 Å². The predicted octanol–water partition coefficient (Wildman–Crippen LogP) is 0.636. The van der Waals surface area contributed by atoms with Gasteiger partial charge in [0.05, 0.1) is 11.1 Å². The van der Waals surface area contributed by atoms with Gasteiger partial charge in [0.1, 0.15) is 11.7 Å². The molecule has 0 aliphatic carbocycles. The SMILES string of the molecule is O=C1CCC(N2C(=O)c3ccc(C4(F)CCNCC4)cc3C2=O)C(=O)N1. The summed E-state index contributed by atoms with van der Waals surface area (Å²) in [5.41, 5.74) is -0.871. The minimum atomic E-state index is -1.54. The summed E-state index contributed by atoms with van der Waals surface area (Å²) < 4.78 is 15.2. The number of halogens is 1. The van der Waals surface area contributed by atoms with Gasteiger partial charge in [-0.2, -0.15) is 0 Å². The number of carbonyl (C=O) groups is 4. The molecule has 0 aromatic heterocycles. The van der Waals surface area contributed by atoms with E-state index in [9.17, 15) is 19.2 Å². The molecule has 1 aromatic rings. The van der Waals surface area contributed by atoms with E-state index in [1.165, 1.54) is 12.1 Å². The minimum absolute atomic E-state index is 0.0651. The Bertz CT molecular complexity index is 832. The van der Waals surface area contributed by atoms with E-state index in [4.69, 9.17) is 0 Å². The van der Waals surface area contributed by atoms with Crippen molar-refractivity contribution in [3.8, 4) is 0 Å². The fraction of sp³-hybridized carbons (Fsp3) is 0.444. The van der Waals surface area contributed by atoms with Crippen LogP contribution in [-0.2, 0) is 15.3 Å². The Kier molecular flexibility index (Phi) is 3.87. The quantitative estimate of drug-likeness (QED) is 0.756. The third kappa shape index (κ3) is 2.52. The van der Waals surface area contributed by atoms with Gasteiger partial charge in [0.15, 0.2) is 0 Å². The monoisotopic (exact) mass is 359 g/mol. The molecule has 0 bridgehead atoms. The summed E-state index contributed by atoms with van der Waals surface area (Å²) in [7, 11) is 0. The van der Waals surface area contributed by atoms with Crippen LogP contribution in [0.5, 0.6) is 0 Å². The Hall–Kier alpha value is -2.61. The van der Waals surface area contributed by atoms with Gasteiger partial charge >= 0.3 is 0 Å². The molecule has 26 heavy (non-hydrogen) atoms. The molecule has 4 amide bonds. The smallest absolute Gasteiger partial charge is 0.262 e. The summed E-state index contributed by atoms with van der Waals surface area (Å²) in [6.07, 6.45) is 0.757. The molecule has 8 heteroatoms. The van der Waals surface area contributed by atoms with Crippen molar-refractivity contribution in [1.82, 2.24) is 15.5 Å². The number of amides is 4. The molecule has 3 heterocycles. The van der Waals surface area contributed by atoms with Gasteiger partial charge in [-0.05, 0) is 50.0 Å². The first-order valence-corrected chi connectivity index (χ1v) is 8.66. The molecule has 2 fully saturated rings. The maximum Gasteiger partial charge on any atom is 0.262 e. The van der Waals surface area contributed by atoms with Crippen molar-refractivity contribution in [3.63, 3.8) is 0 Å². The number of nitrogens with zero attached hydrogens (tertiary/aromatic N) is 1. The van der Waals surface area contributed by atoms with E-state index in [2.05, 4.69) is 10.6 Å². The summed E-state index contributed by atoms with van der Waals surface area (Å²) in [5, 5.41) is 5.25. The summed E-state index contributed by atoms with van der Waals surface area (Å²) >= 11 is 0. The molecule has 0 spiro atoms. The summed E-state index contributed by atoms with van der Waals surface area (Å²) in [4.78, 5) is 49.7. The molecule has 136 valence electrons. The Labute approximate surface area is 148 Å². The van der Waals surface area contributed by atoms with Crippen LogP contribution in [0.3, 0.4) is 0 Å². The number of alkyl halides is 1. The average molecular weight is 359 g/mol. The fourth-order valence-corrected chi connectivity index (χ4v) is 3.86. The van der Waals surface area contributed by atoms with E-state index >= 15 is 4.39 Å². The van der Waals surface area contributed by atoms with Gasteiger partial charge in [0.2, 0.25) is 11.8 Å². The van der Waals surface area contributed by atoms with Crippen LogP contribution >= 0.6 is 0 Å². The van der Waals surface area contributed by atoms with Crippen molar-refractivity contribution in [2.75, 3.05) is 13.1 Å². The maximum atomic E-state index is 15.2. The minimum Gasteiger partial charge on any atom is -0.316 e. The van der Waals surface area contributed by atoms with Crippen LogP contribution in [0.1, 0.15) is 52.0 Å². The number of hydrogen-bond acceptors (Lipinski definition) is 5. The molecule has 0 saturated carbocycles. The molecule has 1 unspecified atom stereocenters. The normalized spacial score (nSPS) is 25.3. The Morgan fingerprint density at radius 1 is 1.04 bits per heavy atom. The molecular formula is C18H18FN3O4. The van der Waals surface area contributed by atoms with E-state index in [-0.39, 0.29) is 24.0 Å². The first-order valence-electron chi connectivity index (χ1n) is 8.66. The van der Waals surface area contributed by atoms with Gasteiger partial charge in [-0.25, -0.2) is 4.39 Å². The van der Waals surface area contributed by atoms with Crippen LogP contribution in [0.15, 0.2) is 18.2 Å². The summed E-state index contributed by atoms with van der Waals surface area (Å²) in [6, 6.07) is 3.43. The van der Waals surface area contributed by atoms with Crippen molar-refractivity contribution >= 4 is 23.6 Å². The molecule has 3 aliphatic heterocycles. The number of rotatable bonds is 2. The van der Waals surface area contributed by atoms with Crippen LogP contribution in [0.25, 0.3) is 0 Å². The number of benzene rings is 1. The lowest BCUT2D eigenvalue weighted by Crippen LogP contribution is -2.54. The van der Waals surface area contributed by atoms with Crippen LogP contribution in [0.4, 0.5) is 4.39 Å². The standard InChI is InChI=1S/C18H18FN3O4/c19-18(5-7-20-8-6-18)10-1-2-11-12(9-10)17(26)22(16(11)25)13-3-4-14(23)21-15(13)24/h1-2,9,13,20H,3-8H2,(H,21,23,24). The van der Waals surface area contributed by atoms with Crippen LogP contribution in [0.2, 0.25) is 0 Å². The van der Waals surface area contributed by atoms with Crippen LogP contribution < -0.4 is 10.6 Å². The lowest BCUT2D eigenvalue weighted by Gasteiger charge is -2.30. The van der Waals surface area contributed by atoms with Gasteiger partial charge in [0.25, 0.3) is 11.8 Å². The zero-order valence-corrected chi connectivity index (χ0v) is 14.0. The highest BCUT2D eigenvalue weighted by molar-refractivity contribution is 6.23. The average Bonchev–Trinajstić information content (AvgIpc) is 2.87. The molecule has 7 nitrogen and oxygen atoms in total. The van der Waals surface area contributed by atoms with E-state index in [0.717, 1.165) is 4.90 Å². The van der Waals surface area contributed by atoms with E-state index in [1.54, 1.807) is 6.07 Å². The van der Waals surface area contributed by atoms with E-state index in [0.29, 0.717) is 31.5 Å². The fourth-order valence-electron chi connectivity index (χ4n) is 3.86. The number of piperidine rings is 2. The Balaban J connectivity index is 1.66. The third-order valence-corrected chi connectivity index (χ3v) is 5.35. The zero-order valence-electron chi connectivity index (χ0n) is 14.0. The number of carbonyl (C=O) groups excluding carboxylic acids is 4. The van der Waals surface area contributed by atoms with Gasteiger partial charge in [-0.3, -0.25) is 29.4 Å². The second kappa shape index (κ2) is 5.98. The number of hydrogen-bond donors (Lipinski definition) is 2. The first-order chi connectivity index (χ1) is 12.4. The van der Waals surface area contributed by atoms with E-state index < -0.39 is 35.3 Å². The van der Waals surface area contributed by atoms with E-state index in [1.807, 2.05) is 0 Å². The highest BCUT2D eigenvalue weighted by atomic mass is 19.1. The first kappa shape index (κ1) is 16.8. The topological polar surface area (TPSA) is 95.6 Å². The molecule has 2 N–H and O–H groups in total. The maximum absolute atomic E-state index is 15.2. The predicted molar refractivity (Wildman–Crippen MR) is 88.0 cm³/mol. The Morgan fingerprint density at radius 2 is 1.73 bits per heavy atom. The highest BCUT2D eigenvalue weighted by Gasteiger charge is 2.45. The van der Waals surface area contributed by atoms with Crippen LogP contribution in [0, 0.1) is 0 Å². The molecule has 1 atom stereocenters. The molecule has 3 aliphatic rings. The van der Waals surface area contributed by atoms with Crippen molar-refractivity contribution in [2.24, 2.45) is 0 Å². The van der Waals surface area contributed by atoms with Gasteiger partial charge in [-0.1, -0.05) is 6.07 Å². The molecule has 0 radical (unpaired) electrons. The summed E-state index contributed by atoms with van der Waals surface area (Å²) in [5.74, 6) is -2.27.